The number of rotatable bonds is 7. The van der Waals surface area contributed by atoms with Gasteiger partial charge in [0.25, 0.3) is 0 Å². The molecule has 5 nitrogen and oxygen atoms in total. The smallest absolute Gasteiger partial charge is 0.311 e. The van der Waals surface area contributed by atoms with Gasteiger partial charge in [-0.1, -0.05) is 30.3 Å². The molecule has 0 unspecified atom stereocenters. The van der Waals surface area contributed by atoms with Gasteiger partial charge in [0.15, 0.2) is 0 Å². The Morgan fingerprint density at radius 3 is 2.47 bits per heavy atom. The molecule has 0 bridgehead atoms. The summed E-state index contributed by atoms with van der Waals surface area (Å²) in [5.74, 6) is -1.27. The summed E-state index contributed by atoms with van der Waals surface area (Å²) in [5, 5.41) is 27.6. The van der Waals surface area contributed by atoms with E-state index in [1.54, 1.807) is 0 Å². The van der Waals surface area contributed by atoms with E-state index in [1.165, 1.54) is 6.92 Å². The molecule has 0 heterocycles. The van der Waals surface area contributed by atoms with Crippen molar-refractivity contribution in [2.45, 2.75) is 32.2 Å². The molecule has 0 saturated carbocycles. The lowest BCUT2D eigenvalue weighted by molar-refractivity contribution is -0.153. The summed E-state index contributed by atoms with van der Waals surface area (Å²) in [6.45, 7) is 1.24. The Morgan fingerprint density at radius 1 is 1.26 bits per heavy atom. The van der Waals surface area contributed by atoms with Crippen LogP contribution in [0, 0.1) is 5.92 Å². The third kappa shape index (κ3) is 5.38. The van der Waals surface area contributed by atoms with E-state index in [0.717, 1.165) is 5.56 Å². The number of hydrogen-bond donors (Lipinski definition) is 3. The molecule has 0 saturated heterocycles. The van der Waals surface area contributed by atoms with Crippen LogP contribution >= 0.6 is 0 Å². The molecule has 0 fully saturated rings. The van der Waals surface area contributed by atoms with Crippen molar-refractivity contribution in [2.75, 3.05) is 6.61 Å². The van der Waals surface area contributed by atoms with Crippen molar-refractivity contribution in [1.82, 2.24) is 0 Å². The first kappa shape index (κ1) is 15.6. The lowest BCUT2D eigenvalue weighted by Gasteiger charge is -2.19. The van der Waals surface area contributed by atoms with Crippen molar-refractivity contribution in [3.63, 3.8) is 0 Å². The van der Waals surface area contributed by atoms with Crippen LogP contribution in [0.2, 0.25) is 0 Å². The fourth-order valence-corrected chi connectivity index (χ4v) is 1.57. The van der Waals surface area contributed by atoms with Crippen LogP contribution in [0.5, 0.6) is 0 Å². The van der Waals surface area contributed by atoms with Gasteiger partial charge in [0.1, 0.15) is 6.61 Å². The van der Waals surface area contributed by atoms with Gasteiger partial charge in [-0.15, -0.1) is 0 Å². The summed E-state index contributed by atoms with van der Waals surface area (Å²) in [5.41, 5.74) is 0.868. The van der Waals surface area contributed by atoms with Gasteiger partial charge in [0, 0.05) is 6.42 Å². The summed E-state index contributed by atoms with van der Waals surface area (Å²) < 4.78 is 5.08. The number of aliphatic hydroxyl groups is 3. The summed E-state index contributed by atoms with van der Waals surface area (Å²) in [4.78, 5) is 11.7. The van der Waals surface area contributed by atoms with E-state index < -0.39 is 30.7 Å². The maximum absolute atomic E-state index is 11.7. The van der Waals surface area contributed by atoms with E-state index in [0.29, 0.717) is 0 Å². The topological polar surface area (TPSA) is 87.0 Å². The van der Waals surface area contributed by atoms with Crippen molar-refractivity contribution in [3.8, 4) is 0 Å². The van der Waals surface area contributed by atoms with Gasteiger partial charge in [0.05, 0.1) is 24.7 Å². The van der Waals surface area contributed by atoms with Gasteiger partial charge in [-0.3, -0.25) is 4.79 Å². The molecule has 3 N–H and O–H groups in total. The Bertz CT molecular complexity index is 379. The summed E-state index contributed by atoms with van der Waals surface area (Å²) >= 11 is 0. The van der Waals surface area contributed by atoms with Gasteiger partial charge in [0.2, 0.25) is 0 Å². The second-order valence-electron chi connectivity index (χ2n) is 4.52. The molecule has 0 aliphatic rings. The van der Waals surface area contributed by atoms with Crippen LogP contribution in [-0.2, 0) is 16.1 Å². The van der Waals surface area contributed by atoms with Gasteiger partial charge < -0.3 is 20.1 Å². The van der Waals surface area contributed by atoms with Gasteiger partial charge in [-0.05, 0) is 12.5 Å². The highest BCUT2D eigenvalue weighted by molar-refractivity contribution is 5.72. The first-order valence-corrected chi connectivity index (χ1v) is 6.22. The largest absolute Gasteiger partial charge is 0.461 e. The minimum absolute atomic E-state index is 0.0574. The lowest BCUT2D eigenvalue weighted by atomic mass is 9.99. The molecule has 0 amide bonds. The predicted molar refractivity (Wildman–Crippen MR) is 69.1 cm³/mol. The Kier molecular flexibility index (Phi) is 6.49. The number of benzene rings is 1. The molecule has 1 aromatic rings. The number of hydrogen-bond acceptors (Lipinski definition) is 5. The average Bonchev–Trinajstić information content (AvgIpc) is 2.44. The predicted octanol–water partition coefficient (Wildman–Crippen LogP) is 0.470. The normalized spacial score (nSPS) is 15.6. The van der Waals surface area contributed by atoms with Crippen LogP contribution < -0.4 is 0 Å². The Morgan fingerprint density at radius 2 is 1.89 bits per heavy atom. The minimum Gasteiger partial charge on any atom is -0.461 e. The molecule has 0 aliphatic carbocycles. The SMILES string of the molecule is C[C@@H](C(=O)OCc1ccccc1)[C@@H](O)C[C@H](O)CO. The van der Waals surface area contributed by atoms with Crippen LogP contribution in [0.25, 0.3) is 0 Å². The molecule has 0 spiro atoms. The molecule has 0 aliphatic heterocycles. The zero-order chi connectivity index (χ0) is 14.3. The summed E-state index contributed by atoms with van der Waals surface area (Å²) in [6, 6.07) is 9.24. The molecular formula is C14H20O5. The zero-order valence-corrected chi connectivity index (χ0v) is 10.9. The molecule has 0 radical (unpaired) electrons. The van der Waals surface area contributed by atoms with Gasteiger partial charge in [-0.2, -0.15) is 0 Å². The highest BCUT2D eigenvalue weighted by Crippen LogP contribution is 2.12. The Labute approximate surface area is 112 Å². The maximum atomic E-state index is 11.7. The molecular weight excluding hydrogens is 248 g/mol. The third-order valence-corrected chi connectivity index (χ3v) is 2.90. The van der Waals surface area contributed by atoms with E-state index in [-0.39, 0.29) is 13.0 Å². The molecule has 106 valence electrons. The van der Waals surface area contributed by atoms with Crippen LogP contribution in [0.3, 0.4) is 0 Å². The molecule has 1 rings (SSSR count). The van der Waals surface area contributed by atoms with E-state index in [2.05, 4.69) is 0 Å². The second-order valence-corrected chi connectivity index (χ2v) is 4.52. The highest BCUT2D eigenvalue weighted by atomic mass is 16.5. The summed E-state index contributed by atoms with van der Waals surface area (Å²) in [7, 11) is 0. The second kappa shape index (κ2) is 7.89. The zero-order valence-electron chi connectivity index (χ0n) is 10.9. The molecule has 5 heteroatoms. The van der Waals surface area contributed by atoms with Crippen molar-refractivity contribution in [3.05, 3.63) is 35.9 Å². The van der Waals surface area contributed by atoms with Gasteiger partial charge in [-0.25, -0.2) is 0 Å². The first-order valence-electron chi connectivity index (χ1n) is 6.22. The first-order chi connectivity index (χ1) is 9.04. The average molecular weight is 268 g/mol. The number of aliphatic hydroxyl groups excluding tert-OH is 3. The van der Waals surface area contributed by atoms with Crippen molar-refractivity contribution in [2.24, 2.45) is 5.92 Å². The van der Waals surface area contributed by atoms with E-state index in [9.17, 15) is 15.0 Å². The van der Waals surface area contributed by atoms with Gasteiger partial charge >= 0.3 is 5.97 Å². The Hall–Kier alpha value is -1.43. The van der Waals surface area contributed by atoms with Crippen molar-refractivity contribution < 1.29 is 24.9 Å². The lowest BCUT2D eigenvalue weighted by Crippen LogP contribution is -2.31. The maximum Gasteiger partial charge on any atom is 0.311 e. The fourth-order valence-electron chi connectivity index (χ4n) is 1.57. The molecule has 3 atom stereocenters. The van der Waals surface area contributed by atoms with E-state index in [1.807, 2.05) is 30.3 Å². The quantitative estimate of drug-likeness (QED) is 0.626. The highest BCUT2D eigenvalue weighted by Gasteiger charge is 2.25. The van der Waals surface area contributed by atoms with Crippen molar-refractivity contribution in [1.29, 1.82) is 0 Å². The molecule has 1 aromatic carbocycles. The fraction of sp³-hybridized carbons (Fsp3) is 0.500. The van der Waals surface area contributed by atoms with E-state index >= 15 is 0 Å². The van der Waals surface area contributed by atoms with Crippen LogP contribution in [0.1, 0.15) is 18.9 Å². The van der Waals surface area contributed by atoms with E-state index in [4.69, 9.17) is 9.84 Å². The summed E-state index contributed by atoms with van der Waals surface area (Å²) in [6.07, 6.45) is -2.12. The monoisotopic (exact) mass is 268 g/mol. The number of carbonyl (C=O) groups excluding carboxylic acids is 1. The number of ether oxygens (including phenoxy) is 1. The van der Waals surface area contributed by atoms with Crippen LogP contribution in [0.4, 0.5) is 0 Å². The van der Waals surface area contributed by atoms with Crippen LogP contribution in [-0.4, -0.2) is 40.1 Å². The minimum atomic E-state index is -1.04. The standard InChI is InChI=1S/C14H20O5/c1-10(13(17)7-12(16)8-15)14(18)19-9-11-5-3-2-4-6-11/h2-6,10,12-13,15-17H,7-9H2,1H3/t10-,12+,13+/m1/s1. The Balaban J connectivity index is 2.40. The van der Waals surface area contributed by atoms with Crippen LogP contribution in [0.15, 0.2) is 30.3 Å². The third-order valence-electron chi connectivity index (χ3n) is 2.90. The van der Waals surface area contributed by atoms with Crippen molar-refractivity contribution >= 4 is 5.97 Å². The molecule has 0 aromatic heterocycles. The number of esters is 1. The molecule has 19 heavy (non-hydrogen) atoms. The number of carbonyl (C=O) groups is 1.